The van der Waals surface area contributed by atoms with Crippen molar-refractivity contribution in [2.75, 3.05) is 0 Å². The van der Waals surface area contributed by atoms with Crippen LogP contribution in [0.25, 0.3) is 11.3 Å². The molecule has 8 heteroatoms. The number of H-pyrrole nitrogens is 1. The molecule has 3 N–H and O–H groups in total. The molecule has 1 aromatic carbocycles. The van der Waals surface area contributed by atoms with Gasteiger partial charge in [0.1, 0.15) is 22.9 Å². The molecule has 0 saturated heterocycles. The van der Waals surface area contributed by atoms with E-state index in [2.05, 4.69) is 15.5 Å². The normalized spacial score (nSPS) is 10.6. The third kappa shape index (κ3) is 3.42. The number of halogens is 1. The van der Waals surface area contributed by atoms with Crippen molar-refractivity contribution in [1.82, 2.24) is 15.5 Å². The molecule has 7 nitrogen and oxygen atoms in total. The number of hydrogen-bond acceptors (Lipinski definition) is 4. The highest BCUT2D eigenvalue weighted by Crippen LogP contribution is 2.21. The van der Waals surface area contributed by atoms with Gasteiger partial charge in [0, 0.05) is 5.56 Å². The van der Waals surface area contributed by atoms with Crippen molar-refractivity contribution in [3.05, 3.63) is 65.0 Å². The molecule has 3 rings (SSSR count). The number of nitrogens with one attached hydrogen (secondary N) is 2. The fourth-order valence-electron chi connectivity index (χ4n) is 2.40. The predicted octanol–water partition coefficient (Wildman–Crippen LogP) is 2.75. The summed E-state index contributed by atoms with van der Waals surface area (Å²) in [4.78, 5) is 23.4. The molecule has 0 saturated carbocycles. The predicted molar refractivity (Wildman–Crippen MR) is 85.6 cm³/mol. The Morgan fingerprint density at radius 1 is 1.28 bits per heavy atom. The summed E-state index contributed by atoms with van der Waals surface area (Å²) in [6.07, 6.45) is 1.37. The smallest absolute Gasteiger partial charge is 0.339 e. The van der Waals surface area contributed by atoms with E-state index in [9.17, 15) is 14.0 Å². The molecule has 1 amide bonds. The van der Waals surface area contributed by atoms with Gasteiger partial charge in [-0.15, -0.1) is 0 Å². The second-order valence-corrected chi connectivity index (χ2v) is 5.34. The van der Waals surface area contributed by atoms with Crippen molar-refractivity contribution in [2.24, 2.45) is 0 Å². The van der Waals surface area contributed by atoms with Crippen molar-refractivity contribution in [3.8, 4) is 11.3 Å². The number of aryl methyl sites for hydroxylation is 1. The van der Waals surface area contributed by atoms with Crippen LogP contribution >= 0.6 is 0 Å². The molecule has 0 bridgehead atoms. The second-order valence-electron chi connectivity index (χ2n) is 5.34. The molecule has 0 fully saturated rings. The van der Waals surface area contributed by atoms with Crippen molar-refractivity contribution >= 4 is 11.9 Å². The Morgan fingerprint density at radius 2 is 2.00 bits per heavy atom. The maximum atomic E-state index is 13.0. The van der Waals surface area contributed by atoms with Crippen molar-refractivity contribution in [2.45, 2.75) is 13.5 Å². The molecule has 0 atom stereocenters. The van der Waals surface area contributed by atoms with Gasteiger partial charge in [0.2, 0.25) is 0 Å². The number of carboxylic acid groups (broad SMARTS) is 1. The first-order valence-corrected chi connectivity index (χ1v) is 7.36. The molecular formula is C17H14FN3O4. The van der Waals surface area contributed by atoms with Crippen molar-refractivity contribution < 1.29 is 23.5 Å². The van der Waals surface area contributed by atoms with Gasteiger partial charge in [0.25, 0.3) is 5.91 Å². The fraction of sp³-hybridized carbons (Fsp3) is 0.118. The molecule has 0 spiro atoms. The monoisotopic (exact) mass is 343 g/mol. The minimum Gasteiger partial charge on any atom is -0.478 e. The maximum Gasteiger partial charge on any atom is 0.339 e. The van der Waals surface area contributed by atoms with Crippen LogP contribution in [0.3, 0.4) is 0 Å². The highest BCUT2D eigenvalue weighted by atomic mass is 19.1. The number of carbonyl (C=O) groups is 2. The molecule has 2 aromatic heterocycles. The van der Waals surface area contributed by atoms with Gasteiger partial charge < -0.3 is 14.8 Å². The van der Waals surface area contributed by atoms with Crippen LogP contribution in [-0.2, 0) is 6.54 Å². The number of hydrogen-bond donors (Lipinski definition) is 3. The van der Waals surface area contributed by atoms with Crippen LogP contribution in [-0.4, -0.2) is 27.2 Å². The molecule has 0 aliphatic rings. The first kappa shape index (κ1) is 16.4. The summed E-state index contributed by atoms with van der Waals surface area (Å²) in [6, 6.07) is 7.02. The van der Waals surface area contributed by atoms with Crippen molar-refractivity contribution in [1.29, 1.82) is 0 Å². The minimum absolute atomic E-state index is 0.0288. The first-order chi connectivity index (χ1) is 12.0. The zero-order valence-corrected chi connectivity index (χ0v) is 13.2. The lowest BCUT2D eigenvalue weighted by Gasteiger charge is -2.04. The Balaban J connectivity index is 1.74. The fourth-order valence-corrected chi connectivity index (χ4v) is 2.40. The quantitative estimate of drug-likeness (QED) is 0.660. The van der Waals surface area contributed by atoms with E-state index >= 15 is 0 Å². The summed E-state index contributed by atoms with van der Waals surface area (Å²) >= 11 is 0. The summed E-state index contributed by atoms with van der Waals surface area (Å²) in [7, 11) is 0. The van der Waals surface area contributed by atoms with E-state index in [1.54, 1.807) is 0 Å². The highest BCUT2D eigenvalue weighted by molar-refractivity contribution is 5.99. The molecule has 3 aromatic rings. The SMILES string of the molecule is Cc1oc(CNC(=O)c2cn[nH]c2-c2ccc(F)cc2)cc1C(=O)O. The van der Waals surface area contributed by atoms with E-state index in [0.717, 1.165) is 0 Å². The number of rotatable bonds is 5. The lowest BCUT2D eigenvalue weighted by atomic mass is 10.1. The van der Waals surface area contributed by atoms with Gasteiger partial charge in [-0.1, -0.05) is 0 Å². The third-order valence-electron chi connectivity index (χ3n) is 3.64. The van der Waals surface area contributed by atoms with Crippen LogP contribution in [0.15, 0.2) is 40.9 Å². The van der Waals surface area contributed by atoms with Gasteiger partial charge in [-0.2, -0.15) is 5.10 Å². The number of benzene rings is 1. The molecule has 2 heterocycles. The van der Waals surface area contributed by atoms with Crippen LogP contribution in [0.5, 0.6) is 0 Å². The molecule has 0 aliphatic carbocycles. The van der Waals surface area contributed by atoms with Gasteiger partial charge in [-0.05, 0) is 37.3 Å². The van der Waals surface area contributed by atoms with Gasteiger partial charge in [-0.25, -0.2) is 9.18 Å². The Kier molecular flexibility index (Phi) is 4.34. The largest absolute Gasteiger partial charge is 0.478 e. The third-order valence-corrected chi connectivity index (χ3v) is 3.64. The zero-order chi connectivity index (χ0) is 18.0. The van der Waals surface area contributed by atoms with Crippen LogP contribution in [0.4, 0.5) is 4.39 Å². The van der Waals surface area contributed by atoms with Crippen LogP contribution in [0.1, 0.15) is 32.2 Å². The number of furan rings is 1. The topological polar surface area (TPSA) is 108 Å². The summed E-state index contributed by atoms with van der Waals surface area (Å²) in [5.74, 6) is -1.29. The van der Waals surface area contributed by atoms with E-state index in [0.29, 0.717) is 17.0 Å². The highest BCUT2D eigenvalue weighted by Gasteiger charge is 2.17. The lowest BCUT2D eigenvalue weighted by Crippen LogP contribution is -2.22. The van der Waals surface area contributed by atoms with Crippen LogP contribution in [0, 0.1) is 12.7 Å². The minimum atomic E-state index is -1.09. The van der Waals surface area contributed by atoms with Gasteiger partial charge >= 0.3 is 5.97 Å². The average molecular weight is 343 g/mol. The van der Waals surface area contributed by atoms with Crippen molar-refractivity contribution in [3.63, 3.8) is 0 Å². The maximum absolute atomic E-state index is 13.0. The van der Waals surface area contributed by atoms with E-state index in [-0.39, 0.29) is 29.2 Å². The number of carboxylic acids is 1. The zero-order valence-electron chi connectivity index (χ0n) is 13.2. The Hall–Kier alpha value is -3.42. The summed E-state index contributed by atoms with van der Waals surface area (Å²) in [5, 5.41) is 18.2. The number of aromatic carboxylic acids is 1. The van der Waals surface area contributed by atoms with Gasteiger partial charge in [0.05, 0.1) is 24.0 Å². The lowest BCUT2D eigenvalue weighted by molar-refractivity contribution is 0.0694. The van der Waals surface area contributed by atoms with Crippen LogP contribution in [0.2, 0.25) is 0 Å². The molecule has 0 radical (unpaired) electrons. The Labute approximate surface area is 141 Å². The Morgan fingerprint density at radius 3 is 2.64 bits per heavy atom. The first-order valence-electron chi connectivity index (χ1n) is 7.36. The molecule has 0 unspecified atom stereocenters. The number of nitrogens with zero attached hydrogens (tertiary/aromatic N) is 1. The summed E-state index contributed by atoms with van der Waals surface area (Å²) < 4.78 is 18.3. The van der Waals surface area contributed by atoms with E-state index < -0.39 is 11.9 Å². The summed E-state index contributed by atoms with van der Waals surface area (Å²) in [5.41, 5.74) is 1.42. The molecular weight excluding hydrogens is 329 g/mol. The standard InChI is InChI=1S/C17H14FN3O4/c1-9-13(17(23)24)6-12(25-9)7-19-16(22)14-8-20-21-15(14)10-2-4-11(18)5-3-10/h2-6,8H,7H2,1H3,(H,19,22)(H,20,21)(H,23,24). The number of amides is 1. The van der Waals surface area contributed by atoms with E-state index in [1.165, 1.54) is 43.5 Å². The average Bonchev–Trinajstić information content (AvgIpc) is 3.20. The summed E-state index contributed by atoms with van der Waals surface area (Å²) in [6.45, 7) is 1.57. The molecule has 0 aliphatic heterocycles. The number of aromatic amines is 1. The van der Waals surface area contributed by atoms with Gasteiger partial charge in [0.15, 0.2) is 0 Å². The van der Waals surface area contributed by atoms with Crippen LogP contribution < -0.4 is 5.32 Å². The Bertz CT molecular complexity index is 928. The van der Waals surface area contributed by atoms with E-state index in [1.807, 2.05) is 0 Å². The van der Waals surface area contributed by atoms with E-state index in [4.69, 9.17) is 9.52 Å². The number of carbonyl (C=O) groups excluding carboxylic acids is 1. The second kappa shape index (κ2) is 6.60. The van der Waals surface area contributed by atoms with Gasteiger partial charge in [-0.3, -0.25) is 9.89 Å². The molecule has 25 heavy (non-hydrogen) atoms. The number of aromatic nitrogens is 2. The molecule has 128 valence electrons.